The fourth-order valence-electron chi connectivity index (χ4n) is 2.47. The molecule has 0 fully saturated rings. The van der Waals surface area contributed by atoms with E-state index in [1.165, 1.54) is 6.07 Å². The number of nitrogens with one attached hydrogen (secondary N) is 2. The van der Waals surface area contributed by atoms with Crippen LogP contribution in [0.1, 0.15) is 22.4 Å². The van der Waals surface area contributed by atoms with Crippen LogP contribution in [-0.2, 0) is 19.3 Å². The maximum absolute atomic E-state index is 12.8. The molecule has 2 aromatic heterocycles. The zero-order valence-corrected chi connectivity index (χ0v) is 14.6. The molecule has 0 aliphatic rings. The Labute approximate surface area is 154 Å². The molecule has 27 heavy (non-hydrogen) atoms. The Bertz CT molecular complexity index is 897. The van der Waals surface area contributed by atoms with E-state index in [-0.39, 0.29) is 6.54 Å². The van der Waals surface area contributed by atoms with Crippen LogP contribution in [0.2, 0.25) is 0 Å². The third-order valence-electron chi connectivity index (χ3n) is 3.76. The average molecular weight is 373 g/mol. The first-order chi connectivity index (χ1) is 12.9. The summed E-state index contributed by atoms with van der Waals surface area (Å²) >= 11 is 0. The predicted octanol–water partition coefficient (Wildman–Crippen LogP) is 4.42. The first kappa shape index (κ1) is 18.6. The van der Waals surface area contributed by atoms with Gasteiger partial charge in [0.05, 0.1) is 5.56 Å². The Kier molecular flexibility index (Phi) is 5.54. The minimum Gasteiger partial charge on any atom is -0.366 e. The monoisotopic (exact) mass is 373 g/mol. The highest BCUT2D eigenvalue weighted by atomic mass is 19.4. The molecule has 0 saturated heterocycles. The number of rotatable bonds is 6. The lowest BCUT2D eigenvalue weighted by Gasteiger charge is -2.11. The summed E-state index contributed by atoms with van der Waals surface area (Å²) in [6, 6.07) is 10.7. The number of anilines is 2. The van der Waals surface area contributed by atoms with Gasteiger partial charge < -0.3 is 10.6 Å². The molecule has 0 radical (unpaired) electrons. The van der Waals surface area contributed by atoms with Crippen molar-refractivity contribution >= 4 is 11.8 Å². The van der Waals surface area contributed by atoms with Gasteiger partial charge in [-0.2, -0.15) is 18.2 Å². The van der Waals surface area contributed by atoms with Gasteiger partial charge in [0.15, 0.2) is 0 Å². The Hall–Kier alpha value is -3.16. The lowest BCUT2D eigenvalue weighted by Crippen LogP contribution is -2.09. The molecule has 3 aromatic rings. The highest BCUT2D eigenvalue weighted by Crippen LogP contribution is 2.29. The number of benzene rings is 1. The van der Waals surface area contributed by atoms with Crippen LogP contribution in [0, 0.1) is 6.92 Å². The highest BCUT2D eigenvalue weighted by molar-refractivity contribution is 5.43. The Morgan fingerprint density at radius 2 is 1.70 bits per heavy atom. The molecule has 0 spiro atoms. The molecule has 2 N–H and O–H groups in total. The second kappa shape index (κ2) is 8.03. The summed E-state index contributed by atoms with van der Waals surface area (Å²) in [7, 11) is 0. The Balaban J connectivity index is 1.66. The number of aromatic nitrogens is 3. The third-order valence-corrected chi connectivity index (χ3v) is 3.76. The normalized spacial score (nSPS) is 11.3. The molecule has 5 nitrogen and oxygen atoms in total. The molecule has 0 aliphatic heterocycles. The predicted molar refractivity (Wildman–Crippen MR) is 97.1 cm³/mol. The molecule has 2 heterocycles. The lowest BCUT2D eigenvalue weighted by atomic mass is 10.1. The van der Waals surface area contributed by atoms with Crippen molar-refractivity contribution in [3.63, 3.8) is 0 Å². The van der Waals surface area contributed by atoms with E-state index in [1.54, 1.807) is 24.5 Å². The fourth-order valence-corrected chi connectivity index (χ4v) is 2.47. The Morgan fingerprint density at radius 1 is 0.926 bits per heavy atom. The zero-order valence-electron chi connectivity index (χ0n) is 14.6. The van der Waals surface area contributed by atoms with Crippen molar-refractivity contribution in [2.45, 2.75) is 26.2 Å². The van der Waals surface area contributed by atoms with E-state index in [9.17, 15) is 13.2 Å². The van der Waals surface area contributed by atoms with Gasteiger partial charge in [-0.15, -0.1) is 0 Å². The third kappa shape index (κ3) is 5.40. The molecule has 8 heteroatoms. The Morgan fingerprint density at radius 3 is 2.44 bits per heavy atom. The second-order valence-corrected chi connectivity index (χ2v) is 5.98. The molecule has 0 aliphatic carbocycles. The number of aryl methyl sites for hydroxylation is 1. The SMILES string of the molecule is Cc1cc(NCc2cccc(C(F)(F)F)c2)nc(NCc2cccnc2)n1. The smallest absolute Gasteiger partial charge is 0.366 e. The van der Waals surface area contributed by atoms with Crippen molar-refractivity contribution < 1.29 is 13.2 Å². The van der Waals surface area contributed by atoms with Crippen LogP contribution in [0.4, 0.5) is 24.9 Å². The molecule has 0 amide bonds. The second-order valence-electron chi connectivity index (χ2n) is 5.98. The summed E-state index contributed by atoms with van der Waals surface area (Å²) in [6.07, 6.45) is -0.914. The lowest BCUT2D eigenvalue weighted by molar-refractivity contribution is -0.137. The molecule has 3 rings (SSSR count). The number of hydrogen-bond donors (Lipinski definition) is 2. The van der Waals surface area contributed by atoms with E-state index < -0.39 is 11.7 Å². The summed E-state index contributed by atoms with van der Waals surface area (Å²) in [4.78, 5) is 12.7. The number of alkyl halides is 3. The van der Waals surface area contributed by atoms with Crippen molar-refractivity contribution in [2.24, 2.45) is 0 Å². The van der Waals surface area contributed by atoms with Crippen molar-refractivity contribution in [2.75, 3.05) is 10.6 Å². The van der Waals surface area contributed by atoms with E-state index in [2.05, 4.69) is 25.6 Å². The van der Waals surface area contributed by atoms with Gasteiger partial charge in [0.25, 0.3) is 0 Å². The molecule has 0 bridgehead atoms. The van der Waals surface area contributed by atoms with Gasteiger partial charge in [-0.05, 0) is 36.2 Å². The standard InChI is InChI=1S/C19H18F3N5/c1-13-8-17(24-11-14-4-2-6-16(9-14)19(20,21)22)27-18(26-13)25-12-15-5-3-7-23-10-15/h2-10H,11-12H2,1H3,(H2,24,25,26,27). The quantitative estimate of drug-likeness (QED) is 0.670. The topological polar surface area (TPSA) is 62.7 Å². The van der Waals surface area contributed by atoms with Crippen LogP contribution >= 0.6 is 0 Å². The van der Waals surface area contributed by atoms with E-state index in [1.807, 2.05) is 19.1 Å². The molecular formula is C19H18F3N5. The van der Waals surface area contributed by atoms with Crippen LogP contribution in [0.5, 0.6) is 0 Å². The van der Waals surface area contributed by atoms with E-state index >= 15 is 0 Å². The zero-order chi connectivity index (χ0) is 19.3. The van der Waals surface area contributed by atoms with Crippen LogP contribution in [0.25, 0.3) is 0 Å². The van der Waals surface area contributed by atoms with Gasteiger partial charge >= 0.3 is 6.18 Å². The molecule has 1 aromatic carbocycles. The van der Waals surface area contributed by atoms with Gasteiger partial charge in [-0.3, -0.25) is 4.98 Å². The van der Waals surface area contributed by atoms with Crippen molar-refractivity contribution in [1.82, 2.24) is 15.0 Å². The molecule has 140 valence electrons. The maximum atomic E-state index is 12.8. The first-order valence-corrected chi connectivity index (χ1v) is 8.28. The molecule has 0 saturated carbocycles. The highest BCUT2D eigenvalue weighted by Gasteiger charge is 2.30. The number of hydrogen-bond acceptors (Lipinski definition) is 5. The van der Waals surface area contributed by atoms with Crippen molar-refractivity contribution in [3.8, 4) is 0 Å². The minimum atomic E-state index is -4.36. The van der Waals surface area contributed by atoms with Crippen LogP contribution in [-0.4, -0.2) is 15.0 Å². The maximum Gasteiger partial charge on any atom is 0.416 e. The molecule has 0 atom stereocenters. The molecular weight excluding hydrogens is 355 g/mol. The summed E-state index contributed by atoms with van der Waals surface area (Å²) in [5.74, 6) is 0.971. The van der Waals surface area contributed by atoms with Crippen molar-refractivity contribution in [3.05, 3.63) is 77.2 Å². The summed E-state index contributed by atoms with van der Waals surface area (Å²) in [5, 5.41) is 6.17. The summed E-state index contributed by atoms with van der Waals surface area (Å²) < 4.78 is 38.4. The van der Waals surface area contributed by atoms with Gasteiger partial charge in [0.1, 0.15) is 5.82 Å². The first-order valence-electron chi connectivity index (χ1n) is 8.28. The summed E-state index contributed by atoms with van der Waals surface area (Å²) in [5.41, 5.74) is 1.58. The number of nitrogens with zero attached hydrogens (tertiary/aromatic N) is 3. The van der Waals surface area contributed by atoms with Crippen LogP contribution in [0.3, 0.4) is 0 Å². The van der Waals surface area contributed by atoms with Gasteiger partial charge in [0.2, 0.25) is 5.95 Å². The van der Waals surface area contributed by atoms with Gasteiger partial charge in [-0.1, -0.05) is 18.2 Å². The average Bonchev–Trinajstić information content (AvgIpc) is 2.65. The van der Waals surface area contributed by atoms with E-state index in [0.29, 0.717) is 23.9 Å². The van der Waals surface area contributed by atoms with Crippen LogP contribution in [0.15, 0.2) is 54.9 Å². The van der Waals surface area contributed by atoms with Crippen LogP contribution < -0.4 is 10.6 Å². The largest absolute Gasteiger partial charge is 0.416 e. The fraction of sp³-hybridized carbons (Fsp3) is 0.211. The van der Waals surface area contributed by atoms with E-state index in [0.717, 1.165) is 23.4 Å². The van der Waals surface area contributed by atoms with E-state index in [4.69, 9.17) is 0 Å². The summed E-state index contributed by atoms with van der Waals surface area (Å²) in [6.45, 7) is 2.57. The van der Waals surface area contributed by atoms with Gasteiger partial charge in [0, 0.05) is 37.2 Å². The minimum absolute atomic E-state index is 0.225. The number of pyridine rings is 1. The molecule has 0 unspecified atom stereocenters. The number of halogens is 3. The van der Waals surface area contributed by atoms with Gasteiger partial charge in [-0.25, -0.2) is 4.98 Å². The van der Waals surface area contributed by atoms with Crippen molar-refractivity contribution in [1.29, 1.82) is 0 Å².